The van der Waals surface area contributed by atoms with Gasteiger partial charge in [-0.3, -0.25) is 4.79 Å². The second-order valence-electron chi connectivity index (χ2n) is 3.71. The summed E-state index contributed by atoms with van der Waals surface area (Å²) in [5.41, 5.74) is 7.03. The Morgan fingerprint density at radius 2 is 1.94 bits per heavy atom. The third-order valence-electron chi connectivity index (χ3n) is 2.39. The Morgan fingerprint density at radius 3 is 2.61 bits per heavy atom. The maximum absolute atomic E-state index is 11.9. The molecule has 0 fully saturated rings. The van der Waals surface area contributed by atoms with Crippen LogP contribution in [0.25, 0.3) is 0 Å². The van der Waals surface area contributed by atoms with Crippen LogP contribution in [0.15, 0.2) is 46.9 Å². The molecule has 0 saturated carbocycles. The molecule has 2 rings (SSSR count). The van der Waals surface area contributed by atoms with Gasteiger partial charge in [-0.1, -0.05) is 12.1 Å². The van der Waals surface area contributed by atoms with Crippen molar-refractivity contribution in [3.63, 3.8) is 0 Å². The molecule has 0 aliphatic rings. The number of anilines is 2. The van der Waals surface area contributed by atoms with E-state index in [1.165, 1.54) is 6.07 Å². The lowest BCUT2D eigenvalue weighted by Gasteiger charge is -2.09. The second-order valence-corrected chi connectivity index (χ2v) is 4.56. The van der Waals surface area contributed by atoms with E-state index in [1.807, 2.05) is 0 Å². The summed E-state index contributed by atoms with van der Waals surface area (Å²) >= 11 is 3.31. The summed E-state index contributed by atoms with van der Waals surface area (Å²) < 4.78 is 0.686. The van der Waals surface area contributed by atoms with Gasteiger partial charge in [0.15, 0.2) is 0 Å². The molecule has 0 unspecified atom stereocenters. The second kappa shape index (κ2) is 5.10. The standard InChI is InChI=1S/C13H11BrN2O2/c14-10-7-8(15)5-6-11(10)16-13(18)9-3-1-2-4-12(9)17/h1-7,17H,15H2,(H,16,18). The fraction of sp³-hybridized carbons (Fsp3) is 0. The zero-order chi connectivity index (χ0) is 13.1. The zero-order valence-electron chi connectivity index (χ0n) is 9.35. The lowest BCUT2D eigenvalue weighted by atomic mass is 10.2. The Kier molecular flexibility index (Phi) is 3.53. The van der Waals surface area contributed by atoms with Gasteiger partial charge >= 0.3 is 0 Å². The first-order chi connectivity index (χ1) is 8.58. The van der Waals surface area contributed by atoms with Gasteiger partial charge in [-0.25, -0.2) is 0 Å². The summed E-state index contributed by atoms with van der Waals surface area (Å²) in [6, 6.07) is 11.4. The first-order valence-corrected chi connectivity index (χ1v) is 6.01. The average Bonchev–Trinajstić information content (AvgIpc) is 2.33. The number of benzene rings is 2. The van der Waals surface area contributed by atoms with Gasteiger partial charge in [0, 0.05) is 10.2 Å². The zero-order valence-corrected chi connectivity index (χ0v) is 10.9. The van der Waals surface area contributed by atoms with Gasteiger partial charge in [0.2, 0.25) is 0 Å². The number of hydrogen-bond donors (Lipinski definition) is 3. The fourth-order valence-electron chi connectivity index (χ4n) is 1.49. The summed E-state index contributed by atoms with van der Waals surface area (Å²) in [5, 5.41) is 12.3. The maximum atomic E-state index is 11.9. The number of para-hydroxylation sites is 1. The van der Waals surface area contributed by atoms with Crippen molar-refractivity contribution in [1.82, 2.24) is 0 Å². The minimum Gasteiger partial charge on any atom is -0.507 e. The lowest BCUT2D eigenvalue weighted by molar-refractivity contribution is 0.102. The number of nitrogen functional groups attached to an aromatic ring is 1. The van der Waals surface area contributed by atoms with Crippen LogP contribution < -0.4 is 11.1 Å². The van der Waals surface area contributed by atoms with Crippen molar-refractivity contribution in [1.29, 1.82) is 0 Å². The first kappa shape index (κ1) is 12.4. The van der Waals surface area contributed by atoms with E-state index in [2.05, 4.69) is 21.2 Å². The van der Waals surface area contributed by atoms with Crippen molar-refractivity contribution < 1.29 is 9.90 Å². The topological polar surface area (TPSA) is 75.3 Å². The normalized spacial score (nSPS) is 10.1. The largest absolute Gasteiger partial charge is 0.507 e. The molecule has 0 heterocycles. The highest BCUT2D eigenvalue weighted by molar-refractivity contribution is 9.10. The van der Waals surface area contributed by atoms with Crippen LogP contribution in [0.2, 0.25) is 0 Å². The van der Waals surface area contributed by atoms with Gasteiger partial charge in [-0.15, -0.1) is 0 Å². The molecule has 0 saturated heterocycles. The number of nitrogens with one attached hydrogen (secondary N) is 1. The van der Waals surface area contributed by atoms with Crippen LogP contribution in [0, 0.1) is 0 Å². The highest BCUT2D eigenvalue weighted by Crippen LogP contribution is 2.26. The molecular weight excluding hydrogens is 296 g/mol. The Hall–Kier alpha value is -2.01. The summed E-state index contributed by atoms with van der Waals surface area (Å²) in [7, 11) is 0. The highest BCUT2D eigenvalue weighted by atomic mass is 79.9. The molecule has 4 N–H and O–H groups in total. The van der Waals surface area contributed by atoms with E-state index in [1.54, 1.807) is 36.4 Å². The number of amides is 1. The molecule has 0 aliphatic carbocycles. The lowest BCUT2D eigenvalue weighted by Crippen LogP contribution is -2.12. The molecule has 0 radical (unpaired) electrons. The predicted molar refractivity (Wildman–Crippen MR) is 74.6 cm³/mol. The molecule has 0 aliphatic heterocycles. The summed E-state index contributed by atoms with van der Waals surface area (Å²) in [6.07, 6.45) is 0. The average molecular weight is 307 g/mol. The fourth-order valence-corrected chi connectivity index (χ4v) is 1.98. The monoisotopic (exact) mass is 306 g/mol. The van der Waals surface area contributed by atoms with Crippen LogP contribution in [-0.2, 0) is 0 Å². The molecule has 2 aromatic carbocycles. The molecule has 4 nitrogen and oxygen atoms in total. The Balaban J connectivity index is 2.24. The number of carbonyl (C=O) groups excluding carboxylic acids is 1. The molecule has 2 aromatic rings. The van der Waals surface area contributed by atoms with Crippen LogP contribution in [0.4, 0.5) is 11.4 Å². The Labute approximate surface area is 113 Å². The number of aromatic hydroxyl groups is 1. The van der Waals surface area contributed by atoms with Crippen molar-refractivity contribution in [2.75, 3.05) is 11.1 Å². The van der Waals surface area contributed by atoms with Crippen LogP contribution in [-0.4, -0.2) is 11.0 Å². The van der Waals surface area contributed by atoms with E-state index in [0.29, 0.717) is 15.8 Å². The van der Waals surface area contributed by atoms with Crippen LogP contribution in [0.5, 0.6) is 5.75 Å². The van der Waals surface area contributed by atoms with Crippen molar-refractivity contribution >= 4 is 33.2 Å². The van der Waals surface area contributed by atoms with Crippen molar-refractivity contribution in [2.24, 2.45) is 0 Å². The molecular formula is C13H11BrN2O2. The van der Waals surface area contributed by atoms with Crippen molar-refractivity contribution in [3.8, 4) is 5.75 Å². The van der Waals surface area contributed by atoms with E-state index in [9.17, 15) is 9.90 Å². The van der Waals surface area contributed by atoms with E-state index < -0.39 is 0 Å². The number of phenolic OH excluding ortho intramolecular Hbond substituents is 1. The number of nitrogens with two attached hydrogens (primary N) is 1. The van der Waals surface area contributed by atoms with Gasteiger partial charge < -0.3 is 16.2 Å². The first-order valence-electron chi connectivity index (χ1n) is 5.22. The number of carbonyl (C=O) groups is 1. The van der Waals surface area contributed by atoms with Crippen molar-refractivity contribution in [3.05, 3.63) is 52.5 Å². The Morgan fingerprint density at radius 1 is 1.22 bits per heavy atom. The quantitative estimate of drug-likeness (QED) is 0.747. The van der Waals surface area contributed by atoms with Crippen LogP contribution in [0.1, 0.15) is 10.4 Å². The molecule has 0 aromatic heterocycles. The van der Waals surface area contributed by atoms with Crippen molar-refractivity contribution in [2.45, 2.75) is 0 Å². The maximum Gasteiger partial charge on any atom is 0.259 e. The summed E-state index contributed by atoms with van der Waals surface area (Å²) in [5.74, 6) is -0.430. The molecule has 92 valence electrons. The highest BCUT2D eigenvalue weighted by Gasteiger charge is 2.11. The third kappa shape index (κ3) is 2.62. The molecule has 18 heavy (non-hydrogen) atoms. The molecule has 0 atom stereocenters. The van der Waals surface area contributed by atoms with E-state index in [0.717, 1.165) is 0 Å². The third-order valence-corrected chi connectivity index (χ3v) is 3.05. The number of hydrogen-bond acceptors (Lipinski definition) is 3. The van der Waals surface area contributed by atoms with Gasteiger partial charge in [-0.2, -0.15) is 0 Å². The SMILES string of the molecule is Nc1ccc(NC(=O)c2ccccc2O)c(Br)c1. The summed E-state index contributed by atoms with van der Waals surface area (Å²) in [6.45, 7) is 0. The minimum absolute atomic E-state index is 0.0541. The number of phenols is 1. The van der Waals surface area contributed by atoms with Gasteiger partial charge in [0.25, 0.3) is 5.91 Å². The number of rotatable bonds is 2. The van der Waals surface area contributed by atoms with Crippen LogP contribution >= 0.6 is 15.9 Å². The van der Waals surface area contributed by atoms with E-state index in [-0.39, 0.29) is 17.2 Å². The Bertz CT molecular complexity index is 599. The van der Waals surface area contributed by atoms with Gasteiger partial charge in [0.05, 0.1) is 11.3 Å². The number of halogens is 1. The molecule has 1 amide bonds. The van der Waals surface area contributed by atoms with E-state index >= 15 is 0 Å². The summed E-state index contributed by atoms with van der Waals surface area (Å²) in [4.78, 5) is 11.9. The molecule has 0 bridgehead atoms. The van der Waals surface area contributed by atoms with Crippen LogP contribution in [0.3, 0.4) is 0 Å². The predicted octanol–water partition coefficient (Wildman–Crippen LogP) is 2.99. The molecule has 5 heteroatoms. The molecule has 0 spiro atoms. The van der Waals surface area contributed by atoms with E-state index in [4.69, 9.17) is 5.73 Å². The smallest absolute Gasteiger partial charge is 0.259 e. The minimum atomic E-state index is -0.376. The van der Waals surface area contributed by atoms with Gasteiger partial charge in [0.1, 0.15) is 5.75 Å². The van der Waals surface area contributed by atoms with Gasteiger partial charge in [-0.05, 0) is 46.3 Å².